The number of carbonyl (C=O) groups is 1. The average Bonchev–Trinajstić information content (AvgIpc) is 2.87. The van der Waals surface area contributed by atoms with Gasteiger partial charge < -0.3 is 15.3 Å². The van der Waals surface area contributed by atoms with Crippen LogP contribution in [0.25, 0.3) is 0 Å². The van der Waals surface area contributed by atoms with Crippen molar-refractivity contribution in [2.45, 2.75) is 25.8 Å². The van der Waals surface area contributed by atoms with Crippen molar-refractivity contribution in [2.24, 2.45) is 0 Å². The van der Waals surface area contributed by atoms with E-state index in [-0.39, 0.29) is 18.6 Å². The maximum absolute atomic E-state index is 11.7. The highest BCUT2D eigenvalue weighted by atomic mass is 16.3. The van der Waals surface area contributed by atoms with Gasteiger partial charge in [0.15, 0.2) is 0 Å². The summed E-state index contributed by atoms with van der Waals surface area (Å²) in [6.07, 6.45) is 3.71. The van der Waals surface area contributed by atoms with E-state index in [1.54, 1.807) is 12.3 Å². The first kappa shape index (κ1) is 12.8. The van der Waals surface area contributed by atoms with E-state index in [2.05, 4.69) is 15.2 Å². The van der Waals surface area contributed by atoms with E-state index < -0.39 is 0 Å². The fraction of sp³-hybridized carbons (Fsp3) is 0.538. The average molecular weight is 249 g/mol. The summed E-state index contributed by atoms with van der Waals surface area (Å²) in [6.45, 7) is 3.54. The molecule has 1 aliphatic heterocycles. The molecule has 0 saturated carbocycles. The number of aliphatic hydroxyl groups excluding tert-OH is 1. The highest BCUT2D eigenvalue weighted by Gasteiger charge is 2.24. The molecule has 1 atom stereocenters. The summed E-state index contributed by atoms with van der Waals surface area (Å²) < 4.78 is 0. The molecule has 0 radical (unpaired) electrons. The second kappa shape index (κ2) is 5.82. The summed E-state index contributed by atoms with van der Waals surface area (Å²) in [5.41, 5.74) is 1.39. The maximum Gasteiger partial charge on any atom is 0.269 e. The molecule has 98 valence electrons. The number of amides is 1. The molecule has 1 aliphatic rings. The third kappa shape index (κ3) is 2.61. The Morgan fingerprint density at radius 3 is 3.22 bits per heavy atom. The van der Waals surface area contributed by atoms with Gasteiger partial charge in [-0.15, -0.1) is 0 Å². The quantitative estimate of drug-likeness (QED) is 0.828. The molecule has 1 aromatic rings. The predicted molar refractivity (Wildman–Crippen MR) is 69.7 cm³/mol. The van der Waals surface area contributed by atoms with Crippen LogP contribution in [0.2, 0.25) is 0 Å². The zero-order valence-corrected chi connectivity index (χ0v) is 10.6. The SMILES string of the molecule is CCNC(=O)c1cc(N2CCCC2CO)ccn1. The number of aliphatic hydroxyl groups is 1. The lowest BCUT2D eigenvalue weighted by molar-refractivity contribution is 0.0951. The molecule has 0 aromatic carbocycles. The number of rotatable bonds is 4. The molecule has 0 bridgehead atoms. The molecule has 18 heavy (non-hydrogen) atoms. The zero-order chi connectivity index (χ0) is 13.0. The Balaban J connectivity index is 2.19. The van der Waals surface area contributed by atoms with Crippen LogP contribution in [0.3, 0.4) is 0 Å². The van der Waals surface area contributed by atoms with Gasteiger partial charge in [0, 0.05) is 25.0 Å². The monoisotopic (exact) mass is 249 g/mol. The van der Waals surface area contributed by atoms with Crippen LogP contribution in [0.4, 0.5) is 5.69 Å². The van der Waals surface area contributed by atoms with Gasteiger partial charge in [-0.2, -0.15) is 0 Å². The van der Waals surface area contributed by atoms with Crippen molar-refractivity contribution in [1.82, 2.24) is 10.3 Å². The second-order valence-corrected chi connectivity index (χ2v) is 4.43. The van der Waals surface area contributed by atoms with Crippen molar-refractivity contribution >= 4 is 11.6 Å². The fourth-order valence-corrected chi connectivity index (χ4v) is 2.34. The van der Waals surface area contributed by atoms with Gasteiger partial charge in [0.2, 0.25) is 0 Å². The Morgan fingerprint density at radius 2 is 2.50 bits per heavy atom. The van der Waals surface area contributed by atoms with Crippen LogP contribution in [-0.4, -0.2) is 41.7 Å². The highest BCUT2D eigenvalue weighted by Crippen LogP contribution is 2.25. The van der Waals surface area contributed by atoms with Crippen LogP contribution in [0.1, 0.15) is 30.3 Å². The number of nitrogens with one attached hydrogen (secondary N) is 1. The first-order chi connectivity index (χ1) is 8.76. The van der Waals surface area contributed by atoms with Crippen molar-refractivity contribution in [3.05, 3.63) is 24.0 Å². The van der Waals surface area contributed by atoms with Gasteiger partial charge in [-0.1, -0.05) is 0 Å². The first-order valence-electron chi connectivity index (χ1n) is 6.38. The van der Waals surface area contributed by atoms with Crippen molar-refractivity contribution in [3.63, 3.8) is 0 Å². The van der Waals surface area contributed by atoms with Gasteiger partial charge in [0.25, 0.3) is 5.91 Å². The zero-order valence-electron chi connectivity index (χ0n) is 10.6. The molecule has 2 N–H and O–H groups in total. The molecule has 1 aromatic heterocycles. The van der Waals surface area contributed by atoms with E-state index in [1.165, 1.54) is 0 Å². The molecule has 0 aliphatic carbocycles. The maximum atomic E-state index is 11.7. The molecule has 5 heteroatoms. The lowest BCUT2D eigenvalue weighted by Gasteiger charge is -2.25. The molecule has 0 spiro atoms. The van der Waals surface area contributed by atoms with Gasteiger partial charge in [-0.05, 0) is 31.9 Å². The molecular formula is C13H19N3O2. The van der Waals surface area contributed by atoms with E-state index in [0.717, 1.165) is 25.1 Å². The summed E-state index contributed by atoms with van der Waals surface area (Å²) in [5, 5.41) is 12.1. The van der Waals surface area contributed by atoms with Gasteiger partial charge in [-0.25, -0.2) is 0 Å². The van der Waals surface area contributed by atoms with E-state index in [9.17, 15) is 9.90 Å². The minimum Gasteiger partial charge on any atom is -0.394 e. The minimum atomic E-state index is -0.154. The lowest BCUT2D eigenvalue weighted by atomic mass is 10.2. The van der Waals surface area contributed by atoms with Crippen LogP contribution in [0, 0.1) is 0 Å². The number of carbonyl (C=O) groups excluding carboxylic acids is 1. The van der Waals surface area contributed by atoms with Gasteiger partial charge >= 0.3 is 0 Å². The van der Waals surface area contributed by atoms with Crippen molar-refractivity contribution in [1.29, 1.82) is 0 Å². The van der Waals surface area contributed by atoms with Crippen molar-refractivity contribution in [2.75, 3.05) is 24.6 Å². The van der Waals surface area contributed by atoms with Crippen LogP contribution in [-0.2, 0) is 0 Å². The van der Waals surface area contributed by atoms with E-state index in [0.29, 0.717) is 12.2 Å². The molecular weight excluding hydrogens is 230 g/mol. The summed E-state index contributed by atoms with van der Waals surface area (Å²) >= 11 is 0. The number of nitrogens with zero attached hydrogens (tertiary/aromatic N) is 2. The third-order valence-electron chi connectivity index (χ3n) is 3.23. The Kier molecular flexibility index (Phi) is 4.15. The second-order valence-electron chi connectivity index (χ2n) is 4.43. The predicted octanol–water partition coefficient (Wildman–Crippen LogP) is 0.792. The summed E-state index contributed by atoms with van der Waals surface area (Å²) in [5.74, 6) is -0.154. The molecule has 2 heterocycles. The minimum absolute atomic E-state index is 0.152. The van der Waals surface area contributed by atoms with Crippen LogP contribution in [0.5, 0.6) is 0 Å². The van der Waals surface area contributed by atoms with E-state index in [4.69, 9.17) is 0 Å². The molecule has 1 fully saturated rings. The van der Waals surface area contributed by atoms with Gasteiger partial charge in [0.1, 0.15) is 5.69 Å². The van der Waals surface area contributed by atoms with Crippen LogP contribution < -0.4 is 10.2 Å². The topological polar surface area (TPSA) is 65.5 Å². The van der Waals surface area contributed by atoms with Gasteiger partial charge in [0.05, 0.1) is 12.6 Å². The summed E-state index contributed by atoms with van der Waals surface area (Å²) in [7, 11) is 0. The number of hydrogen-bond acceptors (Lipinski definition) is 4. The Bertz CT molecular complexity index is 422. The van der Waals surface area contributed by atoms with Crippen LogP contribution in [0.15, 0.2) is 18.3 Å². The lowest BCUT2D eigenvalue weighted by Crippen LogP contribution is -2.32. The van der Waals surface area contributed by atoms with Gasteiger partial charge in [-0.3, -0.25) is 9.78 Å². The molecule has 5 nitrogen and oxygen atoms in total. The largest absolute Gasteiger partial charge is 0.394 e. The highest BCUT2D eigenvalue weighted by molar-refractivity contribution is 5.93. The van der Waals surface area contributed by atoms with Crippen molar-refractivity contribution in [3.8, 4) is 0 Å². The smallest absolute Gasteiger partial charge is 0.269 e. The number of pyridine rings is 1. The van der Waals surface area contributed by atoms with E-state index in [1.807, 2.05) is 13.0 Å². The Hall–Kier alpha value is -1.62. The Morgan fingerprint density at radius 1 is 1.67 bits per heavy atom. The molecule has 2 rings (SSSR count). The standard InChI is InChI=1S/C13H19N3O2/c1-2-14-13(18)12-8-10(5-6-15-12)16-7-3-4-11(16)9-17/h5-6,8,11,17H,2-4,7,9H2,1H3,(H,14,18). The molecule has 1 saturated heterocycles. The normalized spacial score (nSPS) is 19.0. The fourth-order valence-electron chi connectivity index (χ4n) is 2.34. The van der Waals surface area contributed by atoms with E-state index >= 15 is 0 Å². The Labute approximate surface area is 107 Å². The number of anilines is 1. The van der Waals surface area contributed by atoms with Crippen LogP contribution >= 0.6 is 0 Å². The van der Waals surface area contributed by atoms with Crippen molar-refractivity contribution < 1.29 is 9.90 Å². The number of aromatic nitrogens is 1. The summed E-state index contributed by atoms with van der Waals surface area (Å²) in [4.78, 5) is 17.9. The summed E-state index contributed by atoms with van der Waals surface area (Å²) in [6, 6.07) is 3.84. The third-order valence-corrected chi connectivity index (χ3v) is 3.23. The molecule has 1 unspecified atom stereocenters. The number of hydrogen-bond donors (Lipinski definition) is 2. The first-order valence-corrected chi connectivity index (χ1v) is 6.38. The molecule has 1 amide bonds.